The van der Waals surface area contributed by atoms with E-state index in [4.69, 9.17) is 5.26 Å². The van der Waals surface area contributed by atoms with Crippen LogP contribution in [-0.2, 0) is 0 Å². The van der Waals surface area contributed by atoms with Crippen LogP contribution in [0.25, 0.3) is 15.3 Å². The molecule has 0 atom stereocenters. The lowest BCUT2D eigenvalue weighted by molar-refractivity contribution is 0.0977. The SMILES string of the molecule is N#CNC(=O)c1cc2c(nc3sccn32)s1. The average Bonchev–Trinajstić information content (AvgIpc) is 2.87. The second-order valence-corrected chi connectivity index (χ2v) is 4.94. The fraction of sp³-hybridized carbons (Fsp3) is 0. The summed E-state index contributed by atoms with van der Waals surface area (Å²) >= 11 is 2.84. The number of carbonyl (C=O) groups excluding carboxylic acids is 1. The second kappa shape index (κ2) is 3.30. The number of thiophene rings is 1. The van der Waals surface area contributed by atoms with Crippen LogP contribution in [0.4, 0.5) is 0 Å². The maximum atomic E-state index is 11.4. The highest BCUT2D eigenvalue weighted by Crippen LogP contribution is 2.27. The van der Waals surface area contributed by atoms with Gasteiger partial charge in [0, 0.05) is 11.6 Å². The third-order valence-electron chi connectivity index (χ3n) is 2.13. The van der Waals surface area contributed by atoms with Crippen LogP contribution in [0, 0.1) is 11.5 Å². The molecule has 0 radical (unpaired) electrons. The van der Waals surface area contributed by atoms with Crippen LogP contribution in [-0.4, -0.2) is 15.3 Å². The fourth-order valence-electron chi connectivity index (χ4n) is 1.47. The number of carbonyl (C=O) groups is 1. The summed E-state index contributed by atoms with van der Waals surface area (Å²) in [5, 5.41) is 12.4. The highest BCUT2D eigenvalue weighted by molar-refractivity contribution is 7.21. The first kappa shape index (κ1) is 9.33. The number of rotatable bonds is 1. The van der Waals surface area contributed by atoms with Crippen molar-refractivity contribution in [1.29, 1.82) is 5.26 Å². The first-order valence-corrected chi connectivity index (χ1v) is 6.04. The summed E-state index contributed by atoms with van der Waals surface area (Å²) in [6, 6.07) is 1.75. The van der Waals surface area contributed by atoms with Gasteiger partial charge < -0.3 is 0 Å². The van der Waals surface area contributed by atoms with Crippen molar-refractivity contribution >= 4 is 43.9 Å². The number of aromatic nitrogens is 2. The van der Waals surface area contributed by atoms with Gasteiger partial charge in [0.15, 0.2) is 11.2 Å². The molecule has 1 N–H and O–H groups in total. The Hall–Kier alpha value is -1.91. The van der Waals surface area contributed by atoms with Gasteiger partial charge in [-0.3, -0.25) is 14.5 Å². The lowest BCUT2D eigenvalue weighted by Crippen LogP contribution is -2.15. The molecule has 3 aromatic rings. The number of nitriles is 1. The number of nitrogens with one attached hydrogen (secondary N) is 1. The zero-order valence-corrected chi connectivity index (χ0v) is 9.43. The molecule has 0 aromatic carbocycles. The van der Waals surface area contributed by atoms with E-state index in [2.05, 4.69) is 10.3 Å². The average molecular weight is 248 g/mol. The van der Waals surface area contributed by atoms with Gasteiger partial charge in [0.05, 0.1) is 10.4 Å². The quantitative estimate of drug-likeness (QED) is 0.527. The molecule has 0 spiro atoms. The van der Waals surface area contributed by atoms with E-state index in [9.17, 15) is 4.79 Å². The molecule has 16 heavy (non-hydrogen) atoms. The lowest BCUT2D eigenvalue weighted by Gasteiger charge is -1.89. The van der Waals surface area contributed by atoms with Crippen LogP contribution in [0.1, 0.15) is 9.67 Å². The molecular weight excluding hydrogens is 244 g/mol. The third kappa shape index (κ3) is 1.21. The minimum atomic E-state index is -0.380. The van der Waals surface area contributed by atoms with Crippen LogP contribution in [0.3, 0.4) is 0 Å². The largest absolute Gasteiger partial charge is 0.289 e. The monoisotopic (exact) mass is 248 g/mol. The van der Waals surface area contributed by atoms with E-state index in [1.165, 1.54) is 11.3 Å². The smallest absolute Gasteiger partial charge is 0.274 e. The summed E-state index contributed by atoms with van der Waals surface area (Å²) < 4.78 is 1.93. The Balaban J connectivity index is 2.19. The molecule has 0 aliphatic carbocycles. The van der Waals surface area contributed by atoms with E-state index < -0.39 is 0 Å². The lowest BCUT2D eigenvalue weighted by atomic mass is 10.4. The van der Waals surface area contributed by atoms with Gasteiger partial charge in [0.2, 0.25) is 0 Å². The molecule has 3 aromatic heterocycles. The number of amides is 1. The van der Waals surface area contributed by atoms with Gasteiger partial charge in [0.1, 0.15) is 4.83 Å². The zero-order valence-electron chi connectivity index (χ0n) is 7.80. The van der Waals surface area contributed by atoms with Crippen LogP contribution < -0.4 is 5.32 Å². The van der Waals surface area contributed by atoms with Gasteiger partial charge >= 0.3 is 0 Å². The van der Waals surface area contributed by atoms with E-state index >= 15 is 0 Å². The number of nitrogens with zero attached hydrogens (tertiary/aromatic N) is 3. The van der Waals surface area contributed by atoms with Crippen LogP contribution in [0.15, 0.2) is 17.6 Å². The van der Waals surface area contributed by atoms with Crippen LogP contribution in [0.5, 0.6) is 0 Å². The molecule has 78 valence electrons. The van der Waals surface area contributed by atoms with Crippen molar-refractivity contribution in [1.82, 2.24) is 14.7 Å². The Kier molecular flexibility index (Phi) is 1.92. The van der Waals surface area contributed by atoms with Crippen molar-refractivity contribution in [3.63, 3.8) is 0 Å². The van der Waals surface area contributed by atoms with E-state index in [0.717, 1.165) is 15.3 Å². The minimum Gasteiger partial charge on any atom is -0.289 e. The van der Waals surface area contributed by atoms with Crippen molar-refractivity contribution in [2.45, 2.75) is 0 Å². The molecule has 0 saturated carbocycles. The predicted octanol–water partition coefficient (Wildman–Crippen LogP) is 1.82. The number of imidazole rings is 1. The van der Waals surface area contributed by atoms with E-state index in [-0.39, 0.29) is 5.91 Å². The molecule has 5 nitrogen and oxygen atoms in total. The Labute approximate surface area is 97.6 Å². The zero-order chi connectivity index (χ0) is 11.1. The highest BCUT2D eigenvalue weighted by Gasteiger charge is 2.14. The first-order valence-electron chi connectivity index (χ1n) is 4.34. The fourth-order valence-corrected chi connectivity index (χ4v) is 3.17. The maximum Gasteiger partial charge on any atom is 0.274 e. The summed E-state index contributed by atoms with van der Waals surface area (Å²) in [5.74, 6) is -0.380. The summed E-state index contributed by atoms with van der Waals surface area (Å²) in [5.41, 5.74) is 0.907. The maximum absolute atomic E-state index is 11.4. The molecular formula is C9H4N4OS2. The summed E-state index contributed by atoms with van der Waals surface area (Å²) in [6.45, 7) is 0. The van der Waals surface area contributed by atoms with Gasteiger partial charge in [-0.1, -0.05) is 0 Å². The van der Waals surface area contributed by atoms with Gasteiger partial charge in [0.25, 0.3) is 5.91 Å². The normalized spacial score (nSPS) is 10.7. The molecule has 0 saturated heterocycles. The van der Waals surface area contributed by atoms with Crippen molar-refractivity contribution < 1.29 is 4.79 Å². The first-order chi connectivity index (χ1) is 7.79. The molecule has 1 amide bonds. The van der Waals surface area contributed by atoms with Crippen molar-refractivity contribution in [2.75, 3.05) is 0 Å². The Bertz CT molecular complexity index is 730. The van der Waals surface area contributed by atoms with Crippen molar-refractivity contribution in [2.24, 2.45) is 0 Å². The highest BCUT2D eigenvalue weighted by atomic mass is 32.1. The molecule has 0 bridgehead atoms. The second-order valence-electron chi connectivity index (χ2n) is 3.03. The van der Waals surface area contributed by atoms with E-state index in [0.29, 0.717) is 4.88 Å². The standard InChI is InChI=1S/C9H4N4OS2/c10-4-11-7(14)6-3-5-8(16-6)12-9-13(5)1-2-15-9/h1-3H,(H,11,14). The topological polar surface area (TPSA) is 70.2 Å². The summed E-state index contributed by atoms with van der Waals surface area (Å²) in [4.78, 5) is 18.0. The van der Waals surface area contributed by atoms with E-state index in [1.54, 1.807) is 23.6 Å². The number of hydrogen-bond acceptors (Lipinski definition) is 5. The van der Waals surface area contributed by atoms with Gasteiger partial charge in [-0.2, -0.15) is 5.26 Å². The molecule has 3 rings (SSSR count). The summed E-state index contributed by atoms with van der Waals surface area (Å²) in [7, 11) is 0. The molecule has 0 aliphatic rings. The molecule has 7 heteroatoms. The molecule has 3 heterocycles. The summed E-state index contributed by atoms with van der Waals surface area (Å²) in [6.07, 6.45) is 3.53. The Morgan fingerprint density at radius 3 is 3.31 bits per heavy atom. The number of hydrogen-bond donors (Lipinski definition) is 1. The van der Waals surface area contributed by atoms with Crippen LogP contribution in [0.2, 0.25) is 0 Å². The molecule has 0 fully saturated rings. The van der Waals surface area contributed by atoms with Gasteiger partial charge in [-0.25, -0.2) is 4.98 Å². The third-order valence-corrected chi connectivity index (χ3v) is 3.91. The van der Waals surface area contributed by atoms with Crippen LogP contribution >= 0.6 is 22.7 Å². The Morgan fingerprint density at radius 2 is 2.50 bits per heavy atom. The Morgan fingerprint density at radius 1 is 1.62 bits per heavy atom. The van der Waals surface area contributed by atoms with Gasteiger partial charge in [-0.15, -0.1) is 22.7 Å². The molecule has 0 unspecified atom stereocenters. The van der Waals surface area contributed by atoms with Crippen molar-refractivity contribution in [3.05, 3.63) is 22.5 Å². The molecule has 0 aliphatic heterocycles. The number of thiazole rings is 1. The number of fused-ring (bicyclic) bond motifs is 3. The van der Waals surface area contributed by atoms with Gasteiger partial charge in [-0.05, 0) is 6.07 Å². The van der Waals surface area contributed by atoms with Crippen molar-refractivity contribution in [3.8, 4) is 6.19 Å². The minimum absolute atomic E-state index is 0.380. The van der Waals surface area contributed by atoms with E-state index in [1.807, 2.05) is 16.0 Å². The predicted molar refractivity (Wildman–Crippen MR) is 61.5 cm³/mol.